The van der Waals surface area contributed by atoms with Crippen molar-refractivity contribution < 1.29 is 14.3 Å². The molecule has 0 spiro atoms. The quantitative estimate of drug-likeness (QED) is 0.758. The van der Waals surface area contributed by atoms with E-state index in [0.29, 0.717) is 19.8 Å². The third-order valence-electron chi connectivity index (χ3n) is 3.43. The Hall–Kier alpha value is -2.69. The molecular formula is C19H24N2O3. The minimum atomic E-state index is -0.237. The number of urea groups is 1. The first-order valence-corrected chi connectivity index (χ1v) is 8.06. The number of hydrogen-bond donors (Lipinski definition) is 2. The summed E-state index contributed by atoms with van der Waals surface area (Å²) in [4.78, 5) is 11.9. The monoisotopic (exact) mass is 328 g/mol. The molecule has 0 aliphatic rings. The number of nitrogens with one attached hydrogen (secondary N) is 2. The Balaban J connectivity index is 1.71. The van der Waals surface area contributed by atoms with Crippen molar-refractivity contribution in [1.82, 2.24) is 5.32 Å². The van der Waals surface area contributed by atoms with Crippen molar-refractivity contribution in [3.05, 3.63) is 53.6 Å². The summed E-state index contributed by atoms with van der Waals surface area (Å²) in [7, 11) is 0. The van der Waals surface area contributed by atoms with Gasteiger partial charge < -0.3 is 20.1 Å². The number of carbonyl (C=O) groups is 1. The summed E-state index contributed by atoms with van der Waals surface area (Å²) >= 11 is 0. The lowest BCUT2D eigenvalue weighted by Crippen LogP contribution is -2.32. The maximum Gasteiger partial charge on any atom is 0.319 e. The van der Waals surface area contributed by atoms with Gasteiger partial charge in [-0.25, -0.2) is 4.79 Å². The lowest BCUT2D eigenvalue weighted by Gasteiger charge is -2.11. The van der Waals surface area contributed by atoms with Crippen LogP contribution in [0.1, 0.15) is 18.1 Å². The molecule has 2 rings (SSSR count). The van der Waals surface area contributed by atoms with E-state index in [4.69, 9.17) is 9.47 Å². The molecule has 5 heteroatoms. The Kier molecular flexibility index (Phi) is 6.49. The van der Waals surface area contributed by atoms with Gasteiger partial charge in [0, 0.05) is 5.69 Å². The highest BCUT2D eigenvalue weighted by atomic mass is 16.5. The fourth-order valence-electron chi connectivity index (χ4n) is 2.17. The van der Waals surface area contributed by atoms with Gasteiger partial charge in [-0.2, -0.15) is 0 Å². The van der Waals surface area contributed by atoms with Gasteiger partial charge in [0.15, 0.2) is 0 Å². The fourth-order valence-corrected chi connectivity index (χ4v) is 2.17. The highest BCUT2D eigenvalue weighted by Crippen LogP contribution is 2.17. The molecule has 2 N–H and O–H groups in total. The highest BCUT2D eigenvalue weighted by Gasteiger charge is 2.04. The fraction of sp³-hybridized carbons (Fsp3) is 0.316. The second kappa shape index (κ2) is 8.82. The standard InChI is InChI=1S/C19H24N2O3/c1-4-23-16-7-9-17(10-8-16)24-12-11-20-19(22)21-18-13-14(2)5-6-15(18)3/h5-10,13H,4,11-12H2,1-3H3,(H2,20,21,22). The van der Waals surface area contributed by atoms with Crippen LogP contribution in [-0.2, 0) is 0 Å². The van der Waals surface area contributed by atoms with Crippen LogP contribution in [0.5, 0.6) is 11.5 Å². The Morgan fingerprint density at radius 1 is 1.00 bits per heavy atom. The summed E-state index contributed by atoms with van der Waals surface area (Å²) in [6.45, 7) is 7.36. The molecule has 0 radical (unpaired) electrons. The van der Waals surface area contributed by atoms with Crippen molar-refractivity contribution in [3.8, 4) is 11.5 Å². The average Bonchev–Trinajstić information content (AvgIpc) is 2.57. The molecule has 0 atom stereocenters. The van der Waals surface area contributed by atoms with Crippen molar-refractivity contribution in [3.63, 3.8) is 0 Å². The first-order chi connectivity index (χ1) is 11.6. The van der Waals surface area contributed by atoms with Gasteiger partial charge in [0.1, 0.15) is 18.1 Å². The van der Waals surface area contributed by atoms with E-state index in [9.17, 15) is 4.79 Å². The van der Waals surface area contributed by atoms with Crippen LogP contribution in [0.15, 0.2) is 42.5 Å². The summed E-state index contributed by atoms with van der Waals surface area (Å²) in [5, 5.41) is 5.63. The zero-order valence-electron chi connectivity index (χ0n) is 14.4. The van der Waals surface area contributed by atoms with E-state index in [1.165, 1.54) is 0 Å². The van der Waals surface area contributed by atoms with E-state index in [0.717, 1.165) is 28.3 Å². The van der Waals surface area contributed by atoms with Crippen molar-refractivity contribution in [2.24, 2.45) is 0 Å². The number of aryl methyl sites for hydroxylation is 2. The van der Waals surface area contributed by atoms with Crippen LogP contribution in [0, 0.1) is 13.8 Å². The number of hydrogen-bond acceptors (Lipinski definition) is 3. The molecule has 2 aromatic carbocycles. The summed E-state index contributed by atoms with van der Waals surface area (Å²) in [5.74, 6) is 1.56. The van der Waals surface area contributed by atoms with Gasteiger partial charge >= 0.3 is 6.03 Å². The second-order valence-electron chi connectivity index (χ2n) is 5.45. The van der Waals surface area contributed by atoms with Crippen molar-refractivity contribution >= 4 is 11.7 Å². The number of ether oxygens (including phenoxy) is 2. The molecule has 5 nitrogen and oxygen atoms in total. The summed E-state index contributed by atoms with van der Waals surface area (Å²) < 4.78 is 11.0. The van der Waals surface area contributed by atoms with Crippen molar-refractivity contribution in [1.29, 1.82) is 0 Å². The number of rotatable bonds is 7. The van der Waals surface area contributed by atoms with Crippen LogP contribution in [-0.4, -0.2) is 25.8 Å². The predicted octanol–water partition coefficient (Wildman–Crippen LogP) is 3.90. The Labute approximate surface area is 143 Å². The molecule has 0 bridgehead atoms. The van der Waals surface area contributed by atoms with Crippen LogP contribution in [0.3, 0.4) is 0 Å². The molecule has 0 aliphatic carbocycles. The first-order valence-electron chi connectivity index (χ1n) is 8.06. The normalized spacial score (nSPS) is 10.1. The molecule has 0 saturated heterocycles. The van der Waals surface area contributed by atoms with Gasteiger partial charge in [0.05, 0.1) is 13.2 Å². The summed E-state index contributed by atoms with van der Waals surface area (Å²) in [6.07, 6.45) is 0. The highest BCUT2D eigenvalue weighted by molar-refractivity contribution is 5.90. The van der Waals surface area contributed by atoms with E-state index in [1.54, 1.807) is 0 Å². The summed E-state index contributed by atoms with van der Waals surface area (Å²) in [5.41, 5.74) is 2.95. The topological polar surface area (TPSA) is 59.6 Å². The van der Waals surface area contributed by atoms with Crippen LogP contribution in [0.25, 0.3) is 0 Å². The van der Waals surface area contributed by atoms with E-state index in [-0.39, 0.29) is 6.03 Å². The maximum absolute atomic E-state index is 11.9. The average molecular weight is 328 g/mol. The van der Waals surface area contributed by atoms with Gasteiger partial charge in [0.2, 0.25) is 0 Å². The van der Waals surface area contributed by atoms with Gasteiger partial charge in [0.25, 0.3) is 0 Å². The molecule has 24 heavy (non-hydrogen) atoms. The lowest BCUT2D eigenvalue weighted by molar-refractivity contribution is 0.247. The van der Waals surface area contributed by atoms with Crippen LogP contribution in [0.4, 0.5) is 10.5 Å². The lowest BCUT2D eigenvalue weighted by atomic mass is 10.1. The zero-order chi connectivity index (χ0) is 17.4. The zero-order valence-corrected chi connectivity index (χ0v) is 14.4. The van der Waals surface area contributed by atoms with Crippen LogP contribution >= 0.6 is 0 Å². The summed E-state index contributed by atoms with van der Waals surface area (Å²) in [6, 6.07) is 13.1. The minimum absolute atomic E-state index is 0.237. The molecular weight excluding hydrogens is 304 g/mol. The van der Waals surface area contributed by atoms with Gasteiger partial charge in [-0.15, -0.1) is 0 Å². The predicted molar refractivity (Wildman–Crippen MR) is 96.0 cm³/mol. The molecule has 0 aliphatic heterocycles. The molecule has 0 heterocycles. The molecule has 2 aromatic rings. The number of carbonyl (C=O) groups excluding carboxylic acids is 1. The molecule has 0 aromatic heterocycles. The van der Waals surface area contributed by atoms with Crippen LogP contribution in [0.2, 0.25) is 0 Å². The Bertz CT molecular complexity index is 669. The molecule has 0 fully saturated rings. The van der Waals surface area contributed by atoms with Gasteiger partial charge in [-0.1, -0.05) is 12.1 Å². The van der Waals surface area contributed by atoms with Gasteiger partial charge in [-0.3, -0.25) is 0 Å². The minimum Gasteiger partial charge on any atom is -0.494 e. The second-order valence-corrected chi connectivity index (χ2v) is 5.45. The Morgan fingerprint density at radius 3 is 2.33 bits per heavy atom. The van der Waals surface area contributed by atoms with E-state index in [2.05, 4.69) is 10.6 Å². The van der Waals surface area contributed by atoms with E-state index < -0.39 is 0 Å². The largest absolute Gasteiger partial charge is 0.494 e. The van der Waals surface area contributed by atoms with E-state index in [1.807, 2.05) is 63.2 Å². The smallest absolute Gasteiger partial charge is 0.319 e. The van der Waals surface area contributed by atoms with Gasteiger partial charge in [-0.05, 0) is 62.2 Å². The molecule has 0 saturated carbocycles. The molecule has 0 unspecified atom stereocenters. The maximum atomic E-state index is 11.9. The third kappa shape index (κ3) is 5.50. The molecule has 128 valence electrons. The van der Waals surface area contributed by atoms with E-state index >= 15 is 0 Å². The number of amides is 2. The number of benzene rings is 2. The third-order valence-corrected chi connectivity index (χ3v) is 3.43. The SMILES string of the molecule is CCOc1ccc(OCCNC(=O)Nc2cc(C)ccc2C)cc1. The molecule has 2 amide bonds. The van der Waals surface area contributed by atoms with Crippen molar-refractivity contribution in [2.75, 3.05) is 25.1 Å². The first kappa shape index (κ1) is 17.7. The Morgan fingerprint density at radius 2 is 1.67 bits per heavy atom. The van der Waals surface area contributed by atoms with Crippen LogP contribution < -0.4 is 20.1 Å². The number of anilines is 1. The van der Waals surface area contributed by atoms with Crippen molar-refractivity contribution in [2.45, 2.75) is 20.8 Å².